The second-order valence-corrected chi connectivity index (χ2v) is 3.37. The van der Waals surface area contributed by atoms with Gasteiger partial charge in [-0.25, -0.2) is 4.98 Å². The number of carbonyl (C=O) groups excluding carboxylic acids is 1. The highest BCUT2D eigenvalue weighted by Crippen LogP contribution is 2.12. The van der Waals surface area contributed by atoms with Crippen LogP contribution in [0.25, 0.3) is 0 Å². The summed E-state index contributed by atoms with van der Waals surface area (Å²) in [5.74, 6) is 0.368. The number of anilines is 1. The molecule has 1 aromatic rings. The first-order chi connectivity index (χ1) is 7.52. The Kier molecular flexibility index (Phi) is 4.04. The summed E-state index contributed by atoms with van der Waals surface area (Å²) in [6.07, 6.45) is 0. The molecule has 16 heavy (non-hydrogen) atoms. The maximum absolute atomic E-state index is 10.9. The lowest BCUT2D eigenvalue weighted by Crippen LogP contribution is -2.33. The molecule has 0 aliphatic rings. The Bertz CT molecular complexity index is 381. The number of nitrogens with zero attached hydrogens (tertiary/aromatic N) is 2. The minimum Gasteiger partial charge on any atom is -0.478 e. The highest BCUT2D eigenvalue weighted by Gasteiger charge is 2.10. The van der Waals surface area contributed by atoms with Crippen LogP contribution in [-0.4, -0.2) is 28.5 Å². The summed E-state index contributed by atoms with van der Waals surface area (Å²) in [4.78, 5) is 19.1. The van der Waals surface area contributed by atoms with Crippen LogP contribution in [0.4, 0.5) is 5.95 Å². The van der Waals surface area contributed by atoms with Gasteiger partial charge in [-0.1, -0.05) is 0 Å². The monoisotopic (exact) mass is 224 g/mol. The van der Waals surface area contributed by atoms with E-state index in [-0.39, 0.29) is 0 Å². The molecule has 0 saturated carbocycles. The molecule has 0 saturated heterocycles. The molecule has 0 aliphatic carbocycles. The molecule has 1 rings (SSSR count). The largest absolute Gasteiger partial charge is 0.478 e. The van der Waals surface area contributed by atoms with E-state index in [1.54, 1.807) is 13.0 Å². The number of hydrogen-bond acceptors (Lipinski definition) is 5. The normalized spacial score (nSPS) is 11.9. The summed E-state index contributed by atoms with van der Waals surface area (Å²) in [6, 6.07) is 1.21. The Labute approximate surface area is 94.2 Å². The third-order valence-electron chi connectivity index (χ3n) is 1.90. The van der Waals surface area contributed by atoms with Crippen LogP contribution in [0, 0.1) is 6.92 Å². The van der Waals surface area contributed by atoms with Crippen molar-refractivity contribution in [1.29, 1.82) is 0 Å². The maximum Gasteiger partial charge on any atom is 0.239 e. The molecule has 1 atom stereocenters. The van der Waals surface area contributed by atoms with E-state index in [0.29, 0.717) is 18.4 Å². The Morgan fingerprint density at radius 1 is 1.62 bits per heavy atom. The van der Waals surface area contributed by atoms with Crippen LogP contribution in [0.3, 0.4) is 0 Å². The Balaban J connectivity index is 2.83. The quantitative estimate of drug-likeness (QED) is 0.758. The average molecular weight is 224 g/mol. The van der Waals surface area contributed by atoms with Gasteiger partial charge in [-0.05, 0) is 20.8 Å². The van der Waals surface area contributed by atoms with Gasteiger partial charge in [0.25, 0.3) is 0 Å². The Morgan fingerprint density at radius 3 is 2.88 bits per heavy atom. The fraction of sp³-hybridized carbons (Fsp3) is 0.500. The highest BCUT2D eigenvalue weighted by atomic mass is 16.5. The maximum atomic E-state index is 10.9. The molecule has 0 fully saturated rings. The standard InChI is InChI=1S/C10H16N4O2/c1-4-16-8-5-6(2)12-10(14-8)13-7(3)9(11)15/h5,7H,4H2,1-3H3,(H2,11,15)(H,12,13,14). The topological polar surface area (TPSA) is 90.1 Å². The summed E-state index contributed by atoms with van der Waals surface area (Å²) in [7, 11) is 0. The van der Waals surface area contributed by atoms with Gasteiger partial charge in [0.2, 0.25) is 17.7 Å². The van der Waals surface area contributed by atoms with Crippen LogP contribution in [0.2, 0.25) is 0 Å². The number of nitrogens with two attached hydrogens (primary N) is 1. The van der Waals surface area contributed by atoms with E-state index in [4.69, 9.17) is 10.5 Å². The molecule has 1 aromatic heterocycles. The first-order valence-electron chi connectivity index (χ1n) is 5.07. The Morgan fingerprint density at radius 2 is 2.31 bits per heavy atom. The number of nitrogens with one attached hydrogen (secondary N) is 1. The van der Waals surface area contributed by atoms with Gasteiger partial charge in [-0.3, -0.25) is 4.79 Å². The number of primary amides is 1. The molecule has 0 bridgehead atoms. The van der Waals surface area contributed by atoms with Gasteiger partial charge in [0, 0.05) is 11.8 Å². The lowest BCUT2D eigenvalue weighted by atomic mass is 10.3. The van der Waals surface area contributed by atoms with E-state index in [0.717, 1.165) is 5.69 Å². The van der Waals surface area contributed by atoms with E-state index in [1.807, 2.05) is 13.8 Å². The van der Waals surface area contributed by atoms with Crippen molar-refractivity contribution in [3.05, 3.63) is 11.8 Å². The fourth-order valence-electron chi connectivity index (χ4n) is 1.09. The van der Waals surface area contributed by atoms with Crippen molar-refractivity contribution < 1.29 is 9.53 Å². The third kappa shape index (κ3) is 3.38. The lowest BCUT2D eigenvalue weighted by Gasteiger charge is -2.11. The summed E-state index contributed by atoms with van der Waals surface area (Å²) < 4.78 is 5.26. The van der Waals surface area contributed by atoms with E-state index in [1.165, 1.54) is 0 Å². The number of rotatable bonds is 5. The predicted octanol–water partition coefficient (Wildman–Crippen LogP) is 0.469. The number of aromatic nitrogens is 2. The second kappa shape index (κ2) is 5.29. The van der Waals surface area contributed by atoms with E-state index in [2.05, 4.69) is 15.3 Å². The molecule has 6 nitrogen and oxygen atoms in total. The Hall–Kier alpha value is -1.85. The fourth-order valence-corrected chi connectivity index (χ4v) is 1.09. The summed E-state index contributed by atoms with van der Waals surface area (Å²) in [6.45, 7) is 5.87. The predicted molar refractivity (Wildman–Crippen MR) is 60.2 cm³/mol. The van der Waals surface area contributed by atoms with Gasteiger partial charge in [-0.2, -0.15) is 4.98 Å². The zero-order valence-corrected chi connectivity index (χ0v) is 9.65. The zero-order valence-electron chi connectivity index (χ0n) is 9.65. The molecule has 1 unspecified atom stereocenters. The molecule has 1 heterocycles. The summed E-state index contributed by atoms with van der Waals surface area (Å²) >= 11 is 0. The van der Waals surface area contributed by atoms with Gasteiger partial charge < -0.3 is 15.8 Å². The van der Waals surface area contributed by atoms with Crippen LogP contribution in [0.5, 0.6) is 5.88 Å². The molecule has 0 radical (unpaired) electrons. The van der Waals surface area contributed by atoms with Crippen LogP contribution in [0.1, 0.15) is 19.5 Å². The van der Waals surface area contributed by atoms with Gasteiger partial charge >= 0.3 is 0 Å². The molecule has 0 aliphatic heterocycles. The lowest BCUT2D eigenvalue weighted by molar-refractivity contribution is -0.118. The smallest absolute Gasteiger partial charge is 0.239 e. The van der Waals surface area contributed by atoms with Gasteiger partial charge in [-0.15, -0.1) is 0 Å². The molecule has 88 valence electrons. The molecular weight excluding hydrogens is 208 g/mol. The number of carbonyl (C=O) groups is 1. The van der Waals surface area contributed by atoms with Crippen molar-refractivity contribution in [1.82, 2.24) is 9.97 Å². The van der Waals surface area contributed by atoms with Gasteiger partial charge in [0.05, 0.1) is 6.61 Å². The average Bonchev–Trinajstić information content (AvgIpc) is 2.16. The number of amides is 1. The van der Waals surface area contributed by atoms with Crippen molar-refractivity contribution in [2.75, 3.05) is 11.9 Å². The van der Waals surface area contributed by atoms with Gasteiger partial charge in [0.1, 0.15) is 6.04 Å². The van der Waals surface area contributed by atoms with Crippen molar-refractivity contribution >= 4 is 11.9 Å². The van der Waals surface area contributed by atoms with Crippen LogP contribution in [0.15, 0.2) is 6.07 Å². The minimum absolute atomic E-state index is 0.342. The second-order valence-electron chi connectivity index (χ2n) is 3.37. The summed E-state index contributed by atoms with van der Waals surface area (Å²) in [5, 5.41) is 2.80. The zero-order chi connectivity index (χ0) is 12.1. The van der Waals surface area contributed by atoms with Crippen LogP contribution < -0.4 is 15.8 Å². The number of ether oxygens (including phenoxy) is 1. The van der Waals surface area contributed by atoms with E-state index >= 15 is 0 Å². The van der Waals surface area contributed by atoms with Crippen molar-refractivity contribution in [2.24, 2.45) is 5.73 Å². The SMILES string of the molecule is CCOc1cc(C)nc(NC(C)C(N)=O)n1. The van der Waals surface area contributed by atoms with Crippen LogP contribution in [-0.2, 0) is 4.79 Å². The van der Waals surface area contributed by atoms with Crippen molar-refractivity contribution in [2.45, 2.75) is 26.8 Å². The first kappa shape index (κ1) is 12.2. The third-order valence-corrected chi connectivity index (χ3v) is 1.90. The van der Waals surface area contributed by atoms with Crippen molar-refractivity contribution in [3.8, 4) is 5.88 Å². The molecular formula is C10H16N4O2. The molecule has 3 N–H and O–H groups in total. The molecule has 6 heteroatoms. The molecule has 0 aromatic carbocycles. The number of hydrogen-bond donors (Lipinski definition) is 2. The first-order valence-corrected chi connectivity index (χ1v) is 5.07. The van der Waals surface area contributed by atoms with Gasteiger partial charge in [0.15, 0.2) is 0 Å². The minimum atomic E-state index is -0.517. The van der Waals surface area contributed by atoms with Crippen molar-refractivity contribution in [3.63, 3.8) is 0 Å². The van der Waals surface area contributed by atoms with E-state index < -0.39 is 11.9 Å². The highest BCUT2D eigenvalue weighted by molar-refractivity contribution is 5.81. The van der Waals surface area contributed by atoms with E-state index in [9.17, 15) is 4.79 Å². The summed E-state index contributed by atoms with van der Waals surface area (Å²) in [5.41, 5.74) is 5.89. The number of aryl methyl sites for hydroxylation is 1. The van der Waals surface area contributed by atoms with Crippen LogP contribution >= 0.6 is 0 Å². The molecule has 1 amide bonds. The molecule has 0 spiro atoms.